The second-order valence-corrected chi connectivity index (χ2v) is 5.66. The predicted molar refractivity (Wildman–Crippen MR) is 83.4 cm³/mol. The van der Waals surface area contributed by atoms with Crippen LogP contribution in [-0.4, -0.2) is 30.2 Å². The number of nitrogens with zero attached hydrogens (tertiary/aromatic N) is 5. The van der Waals surface area contributed by atoms with Gasteiger partial charge in [0.1, 0.15) is 5.75 Å². The van der Waals surface area contributed by atoms with Gasteiger partial charge in [-0.2, -0.15) is 9.07 Å². The number of rotatable bonds is 5. The summed E-state index contributed by atoms with van der Waals surface area (Å²) >= 11 is 1.26. The quantitative estimate of drug-likeness (QED) is 0.429. The van der Waals surface area contributed by atoms with Gasteiger partial charge >= 0.3 is 5.69 Å². The van der Waals surface area contributed by atoms with E-state index >= 15 is 0 Å². The van der Waals surface area contributed by atoms with Crippen LogP contribution in [0.5, 0.6) is 5.75 Å². The lowest BCUT2D eigenvalue weighted by molar-refractivity contribution is -0.387. The van der Waals surface area contributed by atoms with Gasteiger partial charge in [0.25, 0.3) is 0 Å². The first-order valence-corrected chi connectivity index (χ1v) is 7.66. The number of phenols is 1. The largest absolute Gasteiger partial charge is 0.508 e. The van der Waals surface area contributed by atoms with Crippen LogP contribution in [0.3, 0.4) is 0 Å². The van der Waals surface area contributed by atoms with E-state index in [1.54, 1.807) is 12.1 Å². The zero-order valence-electron chi connectivity index (χ0n) is 12.0. The smallest absolute Gasteiger partial charge is 0.304 e. The van der Waals surface area contributed by atoms with Crippen molar-refractivity contribution >= 4 is 17.4 Å². The highest BCUT2D eigenvalue weighted by Crippen LogP contribution is 2.25. The number of benzene rings is 2. The fraction of sp³-hybridized carbons (Fsp3) is 0.0714. The average molecular weight is 347 g/mol. The van der Waals surface area contributed by atoms with Gasteiger partial charge < -0.3 is 5.11 Å². The molecule has 8 nitrogen and oxygen atoms in total. The highest BCUT2D eigenvalue weighted by Gasteiger charge is 2.15. The zero-order valence-corrected chi connectivity index (χ0v) is 12.9. The summed E-state index contributed by atoms with van der Waals surface area (Å²) in [4.78, 5) is 9.85. The van der Waals surface area contributed by atoms with Gasteiger partial charge in [0.2, 0.25) is 11.0 Å². The lowest BCUT2D eigenvalue weighted by Gasteiger charge is -2.05. The van der Waals surface area contributed by atoms with Crippen molar-refractivity contribution in [3.63, 3.8) is 0 Å². The van der Waals surface area contributed by atoms with Gasteiger partial charge in [-0.1, -0.05) is 17.8 Å². The molecule has 0 unspecified atom stereocenters. The number of hydrogen-bond donors (Lipinski definition) is 1. The molecule has 10 heteroatoms. The number of tetrazole rings is 1. The molecule has 3 aromatic rings. The number of thioether (sulfide) groups is 1. The minimum Gasteiger partial charge on any atom is -0.508 e. The second-order valence-electron chi connectivity index (χ2n) is 4.72. The molecule has 1 aromatic heterocycles. The Balaban J connectivity index is 1.76. The van der Waals surface area contributed by atoms with E-state index < -0.39 is 16.4 Å². The Bertz CT molecular complexity index is 884. The molecule has 0 saturated carbocycles. The summed E-state index contributed by atoms with van der Waals surface area (Å²) in [6, 6.07) is 10.1. The molecule has 0 aliphatic carbocycles. The van der Waals surface area contributed by atoms with E-state index in [1.807, 2.05) is 0 Å². The summed E-state index contributed by atoms with van der Waals surface area (Å²) in [5.41, 5.74) is 0.677. The minimum absolute atomic E-state index is 0.127. The highest BCUT2D eigenvalue weighted by molar-refractivity contribution is 7.98. The monoisotopic (exact) mass is 347 g/mol. The fourth-order valence-corrected chi connectivity index (χ4v) is 2.79. The Kier molecular flexibility index (Phi) is 4.38. The first kappa shape index (κ1) is 15.9. The highest BCUT2D eigenvalue weighted by atomic mass is 32.2. The lowest BCUT2D eigenvalue weighted by atomic mass is 10.2. The summed E-state index contributed by atoms with van der Waals surface area (Å²) < 4.78 is 15.1. The summed E-state index contributed by atoms with van der Waals surface area (Å²) in [5, 5.41) is 31.8. The van der Waals surface area contributed by atoms with Crippen LogP contribution in [0.2, 0.25) is 0 Å². The molecule has 3 rings (SSSR count). The van der Waals surface area contributed by atoms with Crippen LogP contribution in [0.25, 0.3) is 5.69 Å². The average Bonchev–Trinajstić information content (AvgIpc) is 3.02. The summed E-state index contributed by atoms with van der Waals surface area (Å²) in [6.45, 7) is 0. The molecular formula is C14H10FN5O3S. The van der Waals surface area contributed by atoms with Crippen molar-refractivity contribution in [3.05, 3.63) is 64.0 Å². The van der Waals surface area contributed by atoms with Crippen LogP contribution >= 0.6 is 11.8 Å². The lowest BCUT2D eigenvalue weighted by Crippen LogP contribution is -1.99. The topological polar surface area (TPSA) is 107 Å². The molecule has 24 heavy (non-hydrogen) atoms. The number of hydrogen-bond acceptors (Lipinski definition) is 7. The fourth-order valence-electron chi connectivity index (χ4n) is 1.96. The maximum absolute atomic E-state index is 13.6. The molecule has 0 bridgehead atoms. The SMILES string of the molecule is O=[N+]([O-])c1ccc(CSc2nnnn2-c2ccc(O)cc2)cc1F. The van der Waals surface area contributed by atoms with Crippen molar-refractivity contribution in [2.45, 2.75) is 10.9 Å². The van der Waals surface area contributed by atoms with Gasteiger partial charge in [0.15, 0.2) is 0 Å². The van der Waals surface area contributed by atoms with E-state index in [0.717, 1.165) is 12.1 Å². The molecular weight excluding hydrogens is 337 g/mol. The Morgan fingerprint density at radius 2 is 2.00 bits per heavy atom. The zero-order chi connectivity index (χ0) is 17.1. The van der Waals surface area contributed by atoms with Crippen LogP contribution in [0.1, 0.15) is 5.56 Å². The third-order valence-corrected chi connectivity index (χ3v) is 4.10. The maximum atomic E-state index is 13.6. The normalized spacial score (nSPS) is 10.7. The van der Waals surface area contributed by atoms with Crippen LogP contribution < -0.4 is 0 Å². The molecule has 122 valence electrons. The van der Waals surface area contributed by atoms with Gasteiger partial charge in [0.05, 0.1) is 10.6 Å². The van der Waals surface area contributed by atoms with Crippen molar-refractivity contribution in [3.8, 4) is 11.4 Å². The maximum Gasteiger partial charge on any atom is 0.304 e. The van der Waals surface area contributed by atoms with Crippen molar-refractivity contribution in [1.82, 2.24) is 20.2 Å². The summed E-state index contributed by atoms with van der Waals surface area (Å²) in [7, 11) is 0. The van der Waals surface area contributed by atoms with E-state index in [2.05, 4.69) is 15.5 Å². The molecule has 1 heterocycles. The first-order chi connectivity index (χ1) is 11.5. The van der Waals surface area contributed by atoms with E-state index in [4.69, 9.17) is 0 Å². The van der Waals surface area contributed by atoms with Gasteiger partial charge in [-0.15, -0.1) is 5.10 Å². The Morgan fingerprint density at radius 3 is 2.67 bits per heavy atom. The predicted octanol–water partition coefficient (Wildman–Crippen LogP) is 2.71. The molecule has 0 amide bonds. The number of halogens is 1. The molecule has 0 fully saturated rings. The summed E-state index contributed by atoms with van der Waals surface area (Å²) in [5.74, 6) is -0.411. The Hall–Kier alpha value is -3.01. The van der Waals surface area contributed by atoms with Crippen molar-refractivity contribution in [1.29, 1.82) is 0 Å². The second kappa shape index (κ2) is 6.62. The van der Waals surface area contributed by atoms with E-state index in [-0.39, 0.29) is 5.75 Å². The number of aromatic hydroxyl groups is 1. The molecule has 0 aliphatic heterocycles. The van der Waals surface area contributed by atoms with E-state index in [9.17, 15) is 19.6 Å². The van der Waals surface area contributed by atoms with Crippen molar-refractivity contribution < 1.29 is 14.4 Å². The molecule has 0 aliphatic rings. The molecule has 0 radical (unpaired) electrons. The van der Waals surface area contributed by atoms with Crippen LogP contribution in [0, 0.1) is 15.9 Å². The van der Waals surface area contributed by atoms with Crippen LogP contribution in [-0.2, 0) is 5.75 Å². The number of aromatic nitrogens is 4. The molecule has 0 spiro atoms. The molecule has 0 atom stereocenters. The number of nitro benzene ring substituents is 1. The summed E-state index contributed by atoms with van der Waals surface area (Å²) in [6.07, 6.45) is 0. The molecule has 1 N–H and O–H groups in total. The van der Waals surface area contributed by atoms with Gasteiger partial charge in [-0.05, 0) is 46.3 Å². The number of nitro groups is 1. The number of phenolic OH excluding ortho intramolecular Hbond substituents is 1. The Morgan fingerprint density at radius 1 is 1.25 bits per heavy atom. The third kappa shape index (κ3) is 3.33. The standard InChI is InChI=1S/C14H10FN5O3S/c15-12-7-9(1-6-13(12)20(22)23)8-24-14-16-17-18-19(14)10-2-4-11(21)5-3-10/h1-7,21H,8H2. The van der Waals surface area contributed by atoms with Crippen molar-refractivity contribution in [2.75, 3.05) is 0 Å². The van der Waals surface area contributed by atoms with Gasteiger partial charge in [0, 0.05) is 11.8 Å². The van der Waals surface area contributed by atoms with Gasteiger partial charge in [-0.25, -0.2) is 0 Å². The van der Waals surface area contributed by atoms with Crippen LogP contribution in [0.15, 0.2) is 47.6 Å². The minimum atomic E-state index is -0.878. The van der Waals surface area contributed by atoms with E-state index in [1.165, 1.54) is 34.6 Å². The first-order valence-electron chi connectivity index (χ1n) is 6.68. The Labute approximate surface area is 139 Å². The van der Waals surface area contributed by atoms with Gasteiger partial charge in [-0.3, -0.25) is 10.1 Å². The van der Waals surface area contributed by atoms with Crippen molar-refractivity contribution in [2.24, 2.45) is 0 Å². The third-order valence-electron chi connectivity index (χ3n) is 3.11. The van der Waals surface area contributed by atoms with E-state index in [0.29, 0.717) is 22.2 Å². The molecule has 2 aromatic carbocycles. The molecule has 0 saturated heterocycles. The van der Waals surface area contributed by atoms with Crippen LogP contribution in [0.4, 0.5) is 10.1 Å².